The van der Waals surface area contributed by atoms with Crippen LogP contribution in [-0.2, 0) is 4.79 Å². The quantitative estimate of drug-likeness (QED) is 0.757. The molecule has 2 rings (SSSR count). The Labute approximate surface area is 165 Å². The smallest absolute Gasteiger partial charge is 0.274 e. The van der Waals surface area contributed by atoms with Crippen LogP contribution in [0.1, 0.15) is 61.8 Å². The molecule has 1 fully saturated rings. The van der Waals surface area contributed by atoms with Gasteiger partial charge in [-0.25, -0.2) is 9.97 Å². The SMILES string of the molecule is CC(C)c1ncc(Cl)c(C(=O)N2CCCCC2CNC(=O)CCN)n1.Cl. The topological polar surface area (TPSA) is 101 Å². The molecule has 0 bridgehead atoms. The predicted molar refractivity (Wildman–Crippen MR) is 104 cm³/mol. The van der Waals surface area contributed by atoms with Crippen molar-refractivity contribution in [2.75, 3.05) is 19.6 Å². The zero-order valence-corrected chi connectivity index (χ0v) is 16.8. The summed E-state index contributed by atoms with van der Waals surface area (Å²) in [6.45, 7) is 5.30. The molecule has 2 heterocycles. The molecule has 146 valence electrons. The van der Waals surface area contributed by atoms with Gasteiger partial charge in [0.2, 0.25) is 5.91 Å². The van der Waals surface area contributed by atoms with Gasteiger partial charge in [-0.3, -0.25) is 9.59 Å². The van der Waals surface area contributed by atoms with E-state index >= 15 is 0 Å². The molecule has 1 aliphatic rings. The molecule has 1 aliphatic heterocycles. The number of nitrogens with two attached hydrogens (primary N) is 1. The first-order chi connectivity index (χ1) is 11.9. The molecule has 0 radical (unpaired) electrons. The summed E-state index contributed by atoms with van der Waals surface area (Å²) in [5, 5.41) is 3.11. The van der Waals surface area contributed by atoms with Crippen molar-refractivity contribution in [3.05, 3.63) is 22.7 Å². The third kappa shape index (κ3) is 5.79. The molecule has 3 N–H and O–H groups in total. The number of halogens is 2. The van der Waals surface area contributed by atoms with Crippen LogP contribution in [0, 0.1) is 0 Å². The Morgan fingerprint density at radius 1 is 1.42 bits per heavy atom. The van der Waals surface area contributed by atoms with Crippen molar-refractivity contribution in [3.63, 3.8) is 0 Å². The van der Waals surface area contributed by atoms with Gasteiger partial charge in [0.15, 0.2) is 5.69 Å². The van der Waals surface area contributed by atoms with Gasteiger partial charge in [0, 0.05) is 38.0 Å². The minimum atomic E-state index is -0.202. The Hall–Kier alpha value is -1.44. The van der Waals surface area contributed by atoms with Gasteiger partial charge in [0.1, 0.15) is 5.82 Å². The van der Waals surface area contributed by atoms with E-state index in [-0.39, 0.29) is 53.3 Å². The van der Waals surface area contributed by atoms with Crippen LogP contribution in [0.4, 0.5) is 0 Å². The molecule has 1 aromatic heterocycles. The molecule has 0 aliphatic carbocycles. The first kappa shape index (κ1) is 22.6. The lowest BCUT2D eigenvalue weighted by Crippen LogP contribution is -2.49. The van der Waals surface area contributed by atoms with Gasteiger partial charge in [-0.2, -0.15) is 0 Å². The molecule has 2 amide bonds. The number of nitrogens with zero attached hydrogens (tertiary/aromatic N) is 3. The molecule has 0 spiro atoms. The number of hydrogen-bond acceptors (Lipinski definition) is 5. The highest BCUT2D eigenvalue weighted by atomic mass is 35.5. The van der Waals surface area contributed by atoms with E-state index in [1.54, 1.807) is 4.90 Å². The average Bonchev–Trinajstić information content (AvgIpc) is 2.60. The van der Waals surface area contributed by atoms with Crippen molar-refractivity contribution in [2.45, 2.75) is 51.5 Å². The van der Waals surface area contributed by atoms with Gasteiger partial charge in [0.05, 0.1) is 11.2 Å². The first-order valence-corrected chi connectivity index (χ1v) is 9.12. The van der Waals surface area contributed by atoms with Gasteiger partial charge < -0.3 is 16.0 Å². The van der Waals surface area contributed by atoms with Crippen molar-refractivity contribution in [1.29, 1.82) is 0 Å². The molecule has 1 saturated heterocycles. The van der Waals surface area contributed by atoms with Gasteiger partial charge in [-0.05, 0) is 19.3 Å². The number of hydrogen-bond donors (Lipinski definition) is 2. The molecule has 26 heavy (non-hydrogen) atoms. The molecule has 1 unspecified atom stereocenters. The Bertz CT molecular complexity index is 627. The highest BCUT2D eigenvalue weighted by molar-refractivity contribution is 6.33. The number of aromatic nitrogens is 2. The molecular weight excluding hydrogens is 377 g/mol. The van der Waals surface area contributed by atoms with E-state index < -0.39 is 0 Å². The van der Waals surface area contributed by atoms with E-state index in [0.29, 0.717) is 25.5 Å². The van der Waals surface area contributed by atoms with Crippen LogP contribution < -0.4 is 11.1 Å². The maximum atomic E-state index is 13.0. The normalized spacial score (nSPS) is 17.0. The number of likely N-dealkylation sites (tertiary alicyclic amines) is 1. The largest absolute Gasteiger partial charge is 0.354 e. The zero-order chi connectivity index (χ0) is 18.4. The molecule has 0 aromatic carbocycles. The van der Waals surface area contributed by atoms with Crippen molar-refractivity contribution < 1.29 is 9.59 Å². The number of nitrogens with one attached hydrogen (secondary N) is 1. The second-order valence-electron chi connectivity index (χ2n) is 6.57. The summed E-state index contributed by atoms with van der Waals surface area (Å²) >= 11 is 6.18. The van der Waals surface area contributed by atoms with E-state index in [1.165, 1.54) is 6.20 Å². The molecular formula is C17H27Cl2N5O2. The summed E-state index contributed by atoms with van der Waals surface area (Å²) < 4.78 is 0. The van der Waals surface area contributed by atoms with E-state index in [4.69, 9.17) is 17.3 Å². The average molecular weight is 404 g/mol. The number of piperidine rings is 1. The van der Waals surface area contributed by atoms with Gasteiger partial charge in [-0.15, -0.1) is 12.4 Å². The standard InChI is InChI=1S/C17H26ClN5O2.ClH/c1-11(2)16-21-10-13(18)15(22-16)17(25)23-8-4-3-5-12(23)9-20-14(24)6-7-19;/h10-12H,3-9,19H2,1-2H3,(H,20,24);1H. The fourth-order valence-corrected chi connectivity index (χ4v) is 3.05. The monoisotopic (exact) mass is 403 g/mol. The molecule has 1 aromatic rings. The summed E-state index contributed by atoms with van der Waals surface area (Å²) in [7, 11) is 0. The van der Waals surface area contributed by atoms with E-state index in [2.05, 4.69) is 15.3 Å². The second-order valence-corrected chi connectivity index (χ2v) is 6.98. The molecule has 7 nitrogen and oxygen atoms in total. The predicted octanol–water partition coefficient (Wildman–Crippen LogP) is 2.13. The fraction of sp³-hybridized carbons (Fsp3) is 0.647. The van der Waals surface area contributed by atoms with Gasteiger partial charge in [0.25, 0.3) is 5.91 Å². The summed E-state index contributed by atoms with van der Waals surface area (Å²) in [5.74, 6) is 0.406. The molecule has 0 saturated carbocycles. The van der Waals surface area contributed by atoms with Crippen LogP contribution in [-0.4, -0.2) is 52.4 Å². The van der Waals surface area contributed by atoms with Crippen molar-refractivity contribution in [2.24, 2.45) is 5.73 Å². The number of amides is 2. The van der Waals surface area contributed by atoms with Gasteiger partial charge in [-0.1, -0.05) is 25.4 Å². The highest BCUT2D eigenvalue weighted by Gasteiger charge is 2.30. The van der Waals surface area contributed by atoms with E-state index in [9.17, 15) is 9.59 Å². The molecule has 1 atom stereocenters. The Morgan fingerprint density at radius 3 is 2.81 bits per heavy atom. The summed E-state index contributed by atoms with van der Waals surface area (Å²) in [5.41, 5.74) is 5.63. The van der Waals surface area contributed by atoms with Crippen LogP contribution in [0.3, 0.4) is 0 Å². The summed E-state index contributed by atoms with van der Waals surface area (Å²) in [6, 6.07) is -0.0588. The lowest BCUT2D eigenvalue weighted by molar-refractivity contribution is -0.121. The zero-order valence-electron chi connectivity index (χ0n) is 15.2. The Morgan fingerprint density at radius 2 is 2.15 bits per heavy atom. The van der Waals surface area contributed by atoms with Crippen molar-refractivity contribution >= 4 is 35.8 Å². The number of carbonyl (C=O) groups excluding carboxylic acids is 2. The Kier molecular flexibility index (Phi) is 9.25. The van der Waals surface area contributed by atoms with Gasteiger partial charge >= 0.3 is 0 Å². The van der Waals surface area contributed by atoms with Crippen LogP contribution in [0.15, 0.2) is 6.20 Å². The third-order valence-corrected chi connectivity index (χ3v) is 4.55. The fourth-order valence-electron chi connectivity index (χ4n) is 2.88. The van der Waals surface area contributed by atoms with Crippen LogP contribution >= 0.6 is 24.0 Å². The summed E-state index contributed by atoms with van der Waals surface area (Å²) in [4.78, 5) is 35.0. The van der Waals surface area contributed by atoms with Crippen molar-refractivity contribution in [3.8, 4) is 0 Å². The highest BCUT2D eigenvalue weighted by Crippen LogP contribution is 2.23. The maximum absolute atomic E-state index is 13.0. The third-order valence-electron chi connectivity index (χ3n) is 4.28. The minimum absolute atomic E-state index is 0. The second kappa shape index (κ2) is 10.6. The maximum Gasteiger partial charge on any atom is 0.274 e. The minimum Gasteiger partial charge on any atom is -0.354 e. The lowest BCUT2D eigenvalue weighted by atomic mass is 10.0. The van der Waals surface area contributed by atoms with Crippen molar-refractivity contribution in [1.82, 2.24) is 20.2 Å². The van der Waals surface area contributed by atoms with E-state index in [1.807, 2.05) is 13.8 Å². The van der Waals surface area contributed by atoms with E-state index in [0.717, 1.165) is 19.3 Å². The first-order valence-electron chi connectivity index (χ1n) is 8.74. The Balaban J connectivity index is 0.00000338. The lowest BCUT2D eigenvalue weighted by Gasteiger charge is -2.35. The number of rotatable bonds is 6. The van der Waals surface area contributed by atoms with Crippen LogP contribution in [0.25, 0.3) is 0 Å². The summed E-state index contributed by atoms with van der Waals surface area (Å²) in [6.07, 6.45) is 4.57. The van der Waals surface area contributed by atoms with Crippen LogP contribution in [0.5, 0.6) is 0 Å². The molecule has 9 heteroatoms. The van der Waals surface area contributed by atoms with Crippen LogP contribution in [0.2, 0.25) is 5.02 Å². The number of carbonyl (C=O) groups is 2.